The number of ketones is 1. The predicted molar refractivity (Wildman–Crippen MR) is 60.3 cm³/mol. The lowest BCUT2D eigenvalue weighted by molar-refractivity contribution is -0.127. The van der Waals surface area contributed by atoms with Crippen molar-refractivity contribution in [3.05, 3.63) is 35.9 Å². The minimum absolute atomic E-state index is 0.131. The van der Waals surface area contributed by atoms with Gasteiger partial charge in [0.25, 0.3) is 0 Å². The molecule has 0 amide bonds. The summed E-state index contributed by atoms with van der Waals surface area (Å²) in [4.78, 5) is 12.1. The van der Waals surface area contributed by atoms with Crippen LogP contribution in [0.4, 0.5) is 0 Å². The average Bonchev–Trinajstić information content (AvgIpc) is 2.34. The number of nitriles is 1. The topological polar surface area (TPSA) is 52.9 Å². The lowest BCUT2D eigenvalue weighted by Crippen LogP contribution is -2.48. The van der Waals surface area contributed by atoms with Crippen LogP contribution in [0.1, 0.15) is 31.2 Å². The highest BCUT2D eigenvalue weighted by Gasteiger charge is 2.41. The summed E-state index contributed by atoms with van der Waals surface area (Å²) in [7, 11) is 0. The van der Waals surface area contributed by atoms with Gasteiger partial charge >= 0.3 is 0 Å². The molecule has 2 rings (SSSR count). The van der Waals surface area contributed by atoms with Gasteiger partial charge in [-0.05, 0) is 24.8 Å². The van der Waals surface area contributed by atoms with Crippen molar-refractivity contribution in [3.8, 4) is 6.19 Å². The fourth-order valence-corrected chi connectivity index (χ4v) is 2.36. The lowest BCUT2D eigenvalue weighted by Gasteiger charge is -2.34. The largest absolute Gasteiger partial charge is 0.306 e. The molecule has 3 nitrogen and oxygen atoms in total. The van der Waals surface area contributed by atoms with Gasteiger partial charge in [0.05, 0.1) is 0 Å². The Morgan fingerprint density at radius 1 is 1.25 bits per heavy atom. The number of carbonyl (C=O) groups is 1. The number of Topliss-reactive ketones (excluding diaryl/α,β-unsaturated/α-hetero) is 1. The van der Waals surface area contributed by atoms with E-state index >= 15 is 0 Å². The van der Waals surface area contributed by atoms with Crippen molar-refractivity contribution in [2.45, 2.75) is 31.2 Å². The predicted octanol–water partition coefficient (Wildman–Crippen LogP) is 2.10. The van der Waals surface area contributed by atoms with Gasteiger partial charge in [-0.15, -0.1) is 0 Å². The Hall–Kier alpha value is -1.82. The van der Waals surface area contributed by atoms with Gasteiger partial charge in [-0.25, -0.2) is 0 Å². The maximum Gasteiger partial charge on any atom is 0.177 e. The molecule has 1 N–H and O–H groups in total. The summed E-state index contributed by atoms with van der Waals surface area (Å²) in [5.41, 5.74) is 0.134. The molecule has 0 spiro atoms. The van der Waals surface area contributed by atoms with Crippen molar-refractivity contribution < 1.29 is 4.79 Å². The van der Waals surface area contributed by atoms with E-state index < -0.39 is 5.54 Å². The summed E-state index contributed by atoms with van der Waals surface area (Å²) < 4.78 is 0. The van der Waals surface area contributed by atoms with E-state index in [-0.39, 0.29) is 5.78 Å². The number of hydrogen-bond donors (Lipinski definition) is 1. The van der Waals surface area contributed by atoms with Gasteiger partial charge in [0.1, 0.15) is 5.54 Å². The van der Waals surface area contributed by atoms with Crippen LogP contribution in [-0.4, -0.2) is 5.78 Å². The van der Waals surface area contributed by atoms with Gasteiger partial charge in [-0.3, -0.25) is 4.79 Å². The molecule has 0 unspecified atom stereocenters. The van der Waals surface area contributed by atoms with Gasteiger partial charge in [0.2, 0.25) is 0 Å². The molecule has 0 heterocycles. The van der Waals surface area contributed by atoms with Crippen LogP contribution in [0.25, 0.3) is 0 Å². The molecule has 1 fully saturated rings. The number of hydrogen-bond acceptors (Lipinski definition) is 3. The third-order valence-corrected chi connectivity index (χ3v) is 3.22. The van der Waals surface area contributed by atoms with E-state index in [4.69, 9.17) is 5.26 Å². The first kappa shape index (κ1) is 10.7. The van der Waals surface area contributed by atoms with E-state index in [1.54, 1.807) is 0 Å². The number of nitrogens with one attached hydrogen (secondary N) is 1. The van der Waals surface area contributed by atoms with E-state index in [1.807, 2.05) is 36.5 Å². The number of benzene rings is 1. The van der Waals surface area contributed by atoms with E-state index in [9.17, 15) is 4.79 Å². The third-order valence-electron chi connectivity index (χ3n) is 3.22. The maximum absolute atomic E-state index is 12.1. The average molecular weight is 214 g/mol. The standard InChI is InChI=1S/C13H14N2O/c14-10-15-13(9-5-4-8-12(13)16)11-6-2-1-3-7-11/h1-3,6-7,15H,4-5,8-9H2/t13-/m1/s1. The molecule has 1 atom stereocenters. The molecule has 1 aromatic rings. The fourth-order valence-electron chi connectivity index (χ4n) is 2.36. The van der Waals surface area contributed by atoms with Crippen LogP contribution >= 0.6 is 0 Å². The zero-order chi connectivity index (χ0) is 11.4. The second-order valence-corrected chi connectivity index (χ2v) is 4.14. The van der Waals surface area contributed by atoms with E-state index in [1.165, 1.54) is 0 Å². The van der Waals surface area contributed by atoms with Gasteiger partial charge in [0.15, 0.2) is 12.0 Å². The quantitative estimate of drug-likeness (QED) is 0.606. The summed E-state index contributed by atoms with van der Waals surface area (Å²) >= 11 is 0. The zero-order valence-corrected chi connectivity index (χ0v) is 9.07. The highest BCUT2D eigenvalue weighted by molar-refractivity contribution is 5.90. The van der Waals surface area contributed by atoms with Crippen LogP contribution in [-0.2, 0) is 10.3 Å². The van der Waals surface area contributed by atoms with Crippen molar-refractivity contribution in [2.75, 3.05) is 0 Å². The van der Waals surface area contributed by atoms with Crippen molar-refractivity contribution >= 4 is 5.78 Å². The molecule has 82 valence electrons. The molecule has 16 heavy (non-hydrogen) atoms. The van der Waals surface area contributed by atoms with Crippen molar-refractivity contribution in [1.82, 2.24) is 5.32 Å². The minimum Gasteiger partial charge on any atom is -0.306 e. The second-order valence-electron chi connectivity index (χ2n) is 4.14. The van der Waals surface area contributed by atoms with Gasteiger partial charge < -0.3 is 5.32 Å². The molecule has 1 aliphatic rings. The second kappa shape index (κ2) is 4.36. The summed E-state index contributed by atoms with van der Waals surface area (Å²) in [5, 5.41) is 11.6. The first-order valence-corrected chi connectivity index (χ1v) is 5.55. The monoisotopic (exact) mass is 214 g/mol. The Labute approximate surface area is 95.1 Å². The molecule has 1 aromatic carbocycles. The molecule has 0 aliphatic heterocycles. The van der Waals surface area contributed by atoms with Crippen molar-refractivity contribution in [3.63, 3.8) is 0 Å². The first-order valence-electron chi connectivity index (χ1n) is 5.55. The zero-order valence-electron chi connectivity index (χ0n) is 9.07. The van der Waals surface area contributed by atoms with Crippen molar-refractivity contribution in [2.24, 2.45) is 0 Å². The lowest BCUT2D eigenvalue weighted by atomic mass is 9.75. The fraction of sp³-hybridized carbons (Fsp3) is 0.385. The highest BCUT2D eigenvalue weighted by atomic mass is 16.1. The van der Waals surface area contributed by atoms with Gasteiger partial charge in [0, 0.05) is 6.42 Å². The summed E-state index contributed by atoms with van der Waals surface area (Å²) in [6.45, 7) is 0. The number of rotatable bonds is 2. The molecular weight excluding hydrogens is 200 g/mol. The SMILES string of the molecule is N#CN[C@@]1(c2ccccc2)CCCCC1=O. The Bertz CT molecular complexity index is 421. The van der Waals surface area contributed by atoms with E-state index in [0.717, 1.165) is 18.4 Å². The third kappa shape index (κ3) is 1.67. The van der Waals surface area contributed by atoms with Crippen LogP contribution in [0.15, 0.2) is 30.3 Å². The maximum atomic E-state index is 12.1. The summed E-state index contributed by atoms with van der Waals surface area (Å²) in [6.07, 6.45) is 5.12. The van der Waals surface area contributed by atoms with Crippen LogP contribution in [0.2, 0.25) is 0 Å². The molecule has 1 aliphatic carbocycles. The number of nitrogens with zero attached hydrogens (tertiary/aromatic N) is 1. The Morgan fingerprint density at radius 2 is 2.00 bits per heavy atom. The highest BCUT2D eigenvalue weighted by Crippen LogP contribution is 2.34. The van der Waals surface area contributed by atoms with Crippen molar-refractivity contribution in [1.29, 1.82) is 5.26 Å². The molecule has 0 saturated heterocycles. The van der Waals surface area contributed by atoms with E-state index in [0.29, 0.717) is 12.8 Å². The van der Waals surface area contributed by atoms with E-state index in [2.05, 4.69) is 5.32 Å². The molecular formula is C13H14N2O. The summed E-state index contributed by atoms with van der Waals surface area (Å²) in [5.74, 6) is 0.131. The Balaban J connectivity index is 2.43. The Morgan fingerprint density at radius 3 is 2.62 bits per heavy atom. The molecule has 3 heteroatoms. The smallest absolute Gasteiger partial charge is 0.177 e. The molecule has 0 radical (unpaired) electrons. The van der Waals surface area contributed by atoms with Crippen LogP contribution < -0.4 is 5.32 Å². The van der Waals surface area contributed by atoms with Gasteiger partial charge in [-0.2, -0.15) is 5.26 Å². The minimum atomic E-state index is -0.770. The molecule has 1 saturated carbocycles. The number of carbonyl (C=O) groups excluding carboxylic acids is 1. The van der Waals surface area contributed by atoms with Gasteiger partial charge in [-0.1, -0.05) is 30.3 Å². The molecule has 0 bridgehead atoms. The van der Waals surface area contributed by atoms with Crippen LogP contribution in [0, 0.1) is 11.5 Å². The molecule has 0 aromatic heterocycles. The van der Waals surface area contributed by atoms with Crippen LogP contribution in [0.3, 0.4) is 0 Å². The summed E-state index contributed by atoms with van der Waals surface area (Å²) in [6, 6.07) is 9.54. The van der Waals surface area contributed by atoms with Crippen LogP contribution in [0.5, 0.6) is 0 Å². The normalized spacial score (nSPS) is 24.8. The first-order chi connectivity index (χ1) is 7.79. The Kier molecular flexibility index (Phi) is 2.91.